The fraction of sp³-hybridized carbons (Fsp3) is 0.268. The lowest BCUT2D eigenvalue weighted by Gasteiger charge is -2.26. The smallest absolute Gasteiger partial charge is 0.264 e. The minimum Gasteiger partial charge on any atom is -0.379 e. The van der Waals surface area contributed by atoms with Gasteiger partial charge in [-0.3, -0.25) is 27.5 Å². The highest BCUT2D eigenvalue weighted by atomic mass is 35.5. The Kier molecular flexibility index (Phi) is 12.9. The van der Waals surface area contributed by atoms with Crippen molar-refractivity contribution in [3.05, 3.63) is 129 Å². The van der Waals surface area contributed by atoms with Crippen molar-refractivity contribution in [3.8, 4) is 0 Å². The highest BCUT2D eigenvalue weighted by molar-refractivity contribution is 7.85. The number of hydrogen-bond acceptors (Lipinski definition) is 8. The normalized spacial score (nSPS) is 13.6. The van der Waals surface area contributed by atoms with E-state index in [-0.39, 0.29) is 42.5 Å². The van der Waals surface area contributed by atoms with Gasteiger partial charge < -0.3 is 20.0 Å². The number of benzene rings is 4. The molecule has 56 heavy (non-hydrogen) atoms. The van der Waals surface area contributed by atoms with Gasteiger partial charge >= 0.3 is 0 Å². The molecule has 0 amide bonds. The summed E-state index contributed by atoms with van der Waals surface area (Å²) in [6, 6.07) is 31.4. The van der Waals surface area contributed by atoms with Crippen molar-refractivity contribution in [2.75, 3.05) is 58.8 Å². The van der Waals surface area contributed by atoms with Gasteiger partial charge in [0.2, 0.25) is 0 Å². The van der Waals surface area contributed by atoms with Gasteiger partial charge in [0.15, 0.2) is 0 Å². The number of aromatic nitrogens is 4. The van der Waals surface area contributed by atoms with Crippen LogP contribution in [0.2, 0.25) is 0 Å². The summed E-state index contributed by atoms with van der Waals surface area (Å²) in [5.41, 5.74) is 7.30. The van der Waals surface area contributed by atoms with Crippen molar-refractivity contribution in [3.63, 3.8) is 0 Å². The Morgan fingerprint density at radius 2 is 1.07 bits per heavy atom. The fourth-order valence-electron chi connectivity index (χ4n) is 7.65. The molecule has 3 N–H and O–H groups in total. The molecule has 0 bridgehead atoms. The van der Waals surface area contributed by atoms with Crippen molar-refractivity contribution in [2.24, 2.45) is 0 Å². The van der Waals surface area contributed by atoms with E-state index in [4.69, 9.17) is 8.92 Å². The molecule has 0 radical (unpaired) electrons. The second-order valence-corrected chi connectivity index (χ2v) is 15.2. The van der Waals surface area contributed by atoms with E-state index in [9.17, 15) is 18.0 Å². The Balaban J connectivity index is 0.000000185. The zero-order chi connectivity index (χ0) is 37.2. The van der Waals surface area contributed by atoms with Gasteiger partial charge in [0.25, 0.3) is 21.2 Å². The second-order valence-electron chi connectivity index (χ2n) is 13.5. The van der Waals surface area contributed by atoms with Crippen LogP contribution in [0.25, 0.3) is 54.9 Å². The lowest BCUT2D eigenvalue weighted by Crippen LogP contribution is -2.40. The van der Waals surface area contributed by atoms with Gasteiger partial charge in [-0.15, -0.1) is 24.8 Å². The maximum atomic E-state index is 12.7. The molecule has 0 atom stereocenters. The monoisotopic (exact) mass is 818 g/mol. The standard InChI is InChI=1S/C23H26N4O2.C18H16N2O4S.2ClH/c28-23-19-6-2-4-8-21(19)27-20-7-3-1-5-17(20)18(22(27)25-23)9-10-24-11-12-26-13-15-29-16-14-26;1-25(22,23)24-11-10-13-12-6-2-4-8-15(12)20-16-9-5-3-7-14(16)18(21)19-17(13)20;;/h1-8,24H,9-16H2,(H,25,28);2-9H,10-11H2,1H3,(H,19,21);2*1H. The summed E-state index contributed by atoms with van der Waals surface area (Å²) in [5.74, 6) is 0. The van der Waals surface area contributed by atoms with Gasteiger partial charge in [-0.25, -0.2) is 0 Å². The molecule has 0 saturated carbocycles. The largest absolute Gasteiger partial charge is 0.379 e. The fourth-order valence-corrected chi connectivity index (χ4v) is 8.04. The molecule has 5 heterocycles. The van der Waals surface area contributed by atoms with E-state index in [2.05, 4.69) is 48.9 Å². The van der Waals surface area contributed by atoms with Crippen LogP contribution in [0.15, 0.2) is 107 Å². The van der Waals surface area contributed by atoms with Crippen molar-refractivity contribution in [1.29, 1.82) is 0 Å². The van der Waals surface area contributed by atoms with Crippen LogP contribution in [0.5, 0.6) is 0 Å². The lowest BCUT2D eigenvalue weighted by atomic mass is 10.1. The van der Waals surface area contributed by atoms with Gasteiger partial charge in [0.1, 0.15) is 11.3 Å². The number of halogens is 2. The number of rotatable bonds is 10. The summed E-state index contributed by atoms with van der Waals surface area (Å²) in [7, 11) is -3.51. The summed E-state index contributed by atoms with van der Waals surface area (Å²) in [6.07, 6.45) is 2.27. The van der Waals surface area contributed by atoms with E-state index in [1.165, 1.54) is 10.9 Å². The average molecular weight is 820 g/mol. The van der Waals surface area contributed by atoms with Gasteiger partial charge in [0.05, 0.1) is 58.9 Å². The van der Waals surface area contributed by atoms with Crippen LogP contribution in [0.4, 0.5) is 0 Å². The Hall–Kier alpha value is -4.73. The number of nitrogens with zero attached hydrogens (tertiary/aromatic N) is 3. The van der Waals surface area contributed by atoms with E-state index in [0.29, 0.717) is 17.5 Å². The Morgan fingerprint density at radius 1 is 0.643 bits per heavy atom. The predicted molar refractivity (Wildman–Crippen MR) is 229 cm³/mol. The van der Waals surface area contributed by atoms with E-state index in [1.54, 1.807) is 6.07 Å². The first-order chi connectivity index (χ1) is 26.3. The molecule has 4 aromatic carbocycles. The SMILES string of the molecule is CS(=O)(=O)OCCc1c2ccccc2n2c1[nH]c(=O)c1ccccc12.Cl.Cl.O=c1[nH]c2c(CCNCCN3CCOCC3)c3ccccc3n2c2ccccc12. The number of para-hydroxylation sites is 4. The van der Waals surface area contributed by atoms with Gasteiger partial charge in [-0.2, -0.15) is 8.42 Å². The second kappa shape index (κ2) is 17.6. The van der Waals surface area contributed by atoms with E-state index in [0.717, 1.165) is 103 Å². The summed E-state index contributed by atoms with van der Waals surface area (Å²) < 4.78 is 36.9. The Bertz CT molecular complexity index is 2880. The molecule has 4 aromatic heterocycles. The third kappa shape index (κ3) is 8.21. The van der Waals surface area contributed by atoms with Crippen LogP contribution in [-0.4, -0.2) is 90.9 Å². The molecule has 0 unspecified atom stereocenters. The highest BCUT2D eigenvalue weighted by Gasteiger charge is 2.18. The number of morpholine rings is 1. The molecule has 1 aliphatic rings. The van der Waals surface area contributed by atoms with E-state index >= 15 is 0 Å². The Morgan fingerprint density at radius 3 is 1.55 bits per heavy atom. The number of ether oxygens (including phenoxy) is 1. The van der Waals surface area contributed by atoms with Crippen LogP contribution in [0, 0.1) is 0 Å². The molecule has 0 aliphatic carbocycles. The number of nitrogens with one attached hydrogen (secondary N) is 3. The van der Waals surface area contributed by atoms with Crippen LogP contribution >= 0.6 is 24.8 Å². The van der Waals surface area contributed by atoms with Gasteiger partial charge in [-0.1, -0.05) is 60.7 Å². The van der Waals surface area contributed by atoms with Crippen molar-refractivity contribution < 1.29 is 17.3 Å². The third-order valence-electron chi connectivity index (χ3n) is 10.1. The maximum absolute atomic E-state index is 12.7. The predicted octanol–water partition coefficient (Wildman–Crippen LogP) is 5.69. The van der Waals surface area contributed by atoms with Crippen LogP contribution in [0.1, 0.15) is 11.1 Å². The quantitative estimate of drug-likeness (QED) is 0.118. The average Bonchev–Trinajstić information content (AvgIpc) is 3.67. The molecule has 1 fully saturated rings. The molecule has 1 aliphatic heterocycles. The first-order valence-electron chi connectivity index (χ1n) is 18.2. The van der Waals surface area contributed by atoms with Crippen LogP contribution in [0.3, 0.4) is 0 Å². The molecule has 8 aromatic rings. The van der Waals surface area contributed by atoms with Gasteiger partial charge in [-0.05, 0) is 49.4 Å². The zero-order valence-corrected chi connectivity index (χ0v) is 33.3. The lowest BCUT2D eigenvalue weighted by molar-refractivity contribution is 0.0385. The molecular weight excluding hydrogens is 775 g/mol. The summed E-state index contributed by atoms with van der Waals surface area (Å²) in [6.45, 7) is 6.62. The van der Waals surface area contributed by atoms with Crippen molar-refractivity contribution in [2.45, 2.75) is 12.8 Å². The van der Waals surface area contributed by atoms with Crippen molar-refractivity contribution in [1.82, 2.24) is 29.0 Å². The molecule has 15 heteroatoms. The zero-order valence-electron chi connectivity index (χ0n) is 30.8. The van der Waals surface area contributed by atoms with Gasteiger partial charge in [0, 0.05) is 54.5 Å². The first-order valence-corrected chi connectivity index (χ1v) is 20.0. The summed E-state index contributed by atoms with van der Waals surface area (Å²) in [5, 5.41) is 7.06. The molecule has 0 spiro atoms. The minimum absolute atomic E-state index is 0. The maximum Gasteiger partial charge on any atom is 0.264 e. The topological polar surface area (TPSA) is 142 Å². The number of aromatic amines is 2. The molecule has 294 valence electrons. The van der Waals surface area contributed by atoms with Crippen LogP contribution < -0.4 is 16.4 Å². The molecular formula is C41H44Cl2N6O6S. The van der Waals surface area contributed by atoms with E-state index in [1.807, 2.05) is 71.1 Å². The minimum atomic E-state index is -3.51. The van der Waals surface area contributed by atoms with Crippen molar-refractivity contribution >= 4 is 89.8 Å². The summed E-state index contributed by atoms with van der Waals surface area (Å²) >= 11 is 0. The molecule has 1 saturated heterocycles. The first kappa shape index (κ1) is 40.9. The third-order valence-corrected chi connectivity index (χ3v) is 10.7. The van der Waals surface area contributed by atoms with E-state index < -0.39 is 10.1 Å². The number of fused-ring (bicyclic) bond motifs is 10. The Labute approximate surface area is 335 Å². The highest BCUT2D eigenvalue weighted by Crippen LogP contribution is 2.29. The number of hydrogen-bond donors (Lipinski definition) is 3. The molecule has 12 nitrogen and oxygen atoms in total. The number of H-pyrrole nitrogens is 2. The van der Waals surface area contributed by atoms with Crippen LogP contribution in [-0.2, 0) is 31.9 Å². The summed E-state index contributed by atoms with van der Waals surface area (Å²) in [4.78, 5) is 33.6. The molecule has 9 rings (SSSR count).